The lowest BCUT2D eigenvalue weighted by Crippen LogP contribution is -2.19. The van der Waals surface area contributed by atoms with Crippen molar-refractivity contribution in [2.75, 3.05) is 10.6 Å². The van der Waals surface area contributed by atoms with Crippen molar-refractivity contribution in [1.29, 1.82) is 0 Å². The first-order chi connectivity index (χ1) is 12.4. The molecule has 0 unspecified atom stereocenters. The lowest BCUT2D eigenvalue weighted by atomic mass is 10.2. The molecule has 134 valence electrons. The molecule has 0 spiro atoms. The molecular weight excluding hydrogens is 432 g/mol. The monoisotopic (exact) mass is 448 g/mol. The predicted molar refractivity (Wildman–Crippen MR) is 116 cm³/mol. The molecule has 0 aliphatic heterocycles. The second-order valence-electron chi connectivity index (χ2n) is 5.93. The van der Waals surface area contributed by atoms with Crippen molar-refractivity contribution in [2.45, 2.75) is 20.4 Å². The Labute approximate surface area is 171 Å². The number of aromatic nitrogens is 2. The minimum atomic E-state index is 0.512. The van der Waals surface area contributed by atoms with E-state index in [0.29, 0.717) is 16.7 Å². The van der Waals surface area contributed by atoms with Gasteiger partial charge in [-0.15, -0.1) is 0 Å². The van der Waals surface area contributed by atoms with E-state index in [1.54, 1.807) is 0 Å². The van der Waals surface area contributed by atoms with E-state index in [2.05, 4.69) is 50.7 Å². The van der Waals surface area contributed by atoms with E-state index >= 15 is 0 Å². The normalized spacial score (nSPS) is 10.6. The van der Waals surface area contributed by atoms with Crippen LogP contribution in [0.3, 0.4) is 0 Å². The van der Waals surface area contributed by atoms with E-state index < -0.39 is 0 Å². The van der Waals surface area contributed by atoms with Gasteiger partial charge < -0.3 is 10.6 Å². The lowest BCUT2D eigenvalue weighted by Gasteiger charge is -2.12. The van der Waals surface area contributed by atoms with E-state index in [1.165, 1.54) is 0 Å². The zero-order chi connectivity index (χ0) is 18.7. The van der Waals surface area contributed by atoms with Crippen LogP contribution in [0.25, 0.3) is 0 Å². The van der Waals surface area contributed by atoms with Gasteiger partial charge in [-0.05, 0) is 77.9 Å². The molecule has 0 aliphatic rings. The van der Waals surface area contributed by atoms with Gasteiger partial charge in [0.15, 0.2) is 5.11 Å². The van der Waals surface area contributed by atoms with Crippen LogP contribution < -0.4 is 10.6 Å². The molecule has 0 fully saturated rings. The number of thiocarbonyl (C=S) groups is 1. The zero-order valence-corrected chi connectivity index (χ0v) is 17.5. The summed E-state index contributed by atoms with van der Waals surface area (Å²) in [5.41, 5.74) is 5.00. The first-order valence-electron chi connectivity index (χ1n) is 8.04. The van der Waals surface area contributed by atoms with Crippen molar-refractivity contribution in [3.8, 4) is 0 Å². The van der Waals surface area contributed by atoms with E-state index in [0.717, 1.165) is 32.8 Å². The molecule has 0 aliphatic carbocycles. The Morgan fingerprint density at radius 2 is 1.77 bits per heavy atom. The number of hydrogen-bond acceptors (Lipinski definition) is 2. The van der Waals surface area contributed by atoms with Crippen LogP contribution in [0.5, 0.6) is 0 Å². The molecule has 0 saturated heterocycles. The molecule has 1 aromatic heterocycles. The highest BCUT2D eigenvalue weighted by Gasteiger charge is 2.09. The summed E-state index contributed by atoms with van der Waals surface area (Å²) in [4.78, 5) is 0. The number of nitrogens with zero attached hydrogens (tertiary/aromatic N) is 2. The molecule has 7 heteroatoms. The summed E-state index contributed by atoms with van der Waals surface area (Å²) >= 11 is 14.9. The minimum absolute atomic E-state index is 0.512. The summed E-state index contributed by atoms with van der Waals surface area (Å²) in [6, 6.07) is 15.6. The second-order valence-corrected chi connectivity index (χ2v) is 7.57. The highest BCUT2D eigenvalue weighted by Crippen LogP contribution is 2.21. The van der Waals surface area contributed by atoms with Gasteiger partial charge in [-0.25, -0.2) is 0 Å². The Morgan fingerprint density at radius 3 is 2.38 bits per heavy atom. The topological polar surface area (TPSA) is 41.9 Å². The van der Waals surface area contributed by atoms with Gasteiger partial charge in [-0.2, -0.15) is 5.10 Å². The zero-order valence-electron chi connectivity index (χ0n) is 14.4. The van der Waals surface area contributed by atoms with Gasteiger partial charge in [0.1, 0.15) is 0 Å². The summed E-state index contributed by atoms with van der Waals surface area (Å²) in [5.74, 6) is 0. The fraction of sp³-hybridized carbons (Fsp3) is 0.158. The van der Waals surface area contributed by atoms with Crippen LogP contribution in [0.4, 0.5) is 11.4 Å². The molecule has 0 bridgehead atoms. The highest BCUT2D eigenvalue weighted by molar-refractivity contribution is 9.10. The van der Waals surface area contributed by atoms with Crippen molar-refractivity contribution in [3.63, 3.8) is 0 Å². The Kier molecular flexibility index (Phi) is 5.96. The van der Waals surface area contributed by atoms with Crippen LogP contribution in [0.1, 0.15) is 17.0 Å². The van der Waals surface area contributed by atoms with Crippen molar-refractivity contribution < 1.29 is 0 Å². The van der Waals surface area contributed by atoms with E-state index in [9.17, 15) is 0 Å². The maximum atomic E-state index is 6.00. The third-order valence-corrected chi connectivity index (χ3v) is 5.48. The summed E-state index contributed by atoms with van der Waals surface area (Å²) in [6.07, 6.45) is 0. The molecule has 0 saturated carbocycles. The standard InChI is InChI=1S/C19H18BrClN4S/c1-12-18(20)13(2)25(24-12)11-14-5-3-7-16(9-14)22-19(26)23-17-8-4-6-15(21)10-17/h3-10H,11H2,1-2H3,(H2,22,23,26). The lowest BCUT2D eigenvalue weighted by molar-refractivity contribution is 0.659. The van der Waals surface area contributed by atoms with Gasteiger partial charge in [0.05, 0.1) is 22.4 Å². The second kappa shape index (κ2) is 8.20. The molecule has 1 heterocycles. The van der Waals surface area contributed by atoms with Crippen LogP contribution in [0.15, 0.2) is 53.0 Å². The Hall–Kier alpha value is -1.89. The van der Waals surface area contributed by atoms with Gasteiger partial charge in [0.2, 0.25) is 0 Å². The van der Waals surface area contributed by atoms with Gasteiger partial charge >= 0.3 is 0 Å². The number of nitrogens with one attached hydrogen (secondary N) is 2. The smallest absolute Gasteiger partial charge is 0.175 e. The maximum absolute atomic E-state index is 6.00. The summed E-state index contributed by atoms with van der Waals surface area (Å²) in [6.45, 7) is 4.74. The summed E-state index contributed by atoms with van der Waals surface area (Å²) in [7, 11) is 0. The van der Waals surface area contributed by atoms with Gasteiger partial charge in [-0.1, -0.05) is 29.8 Å². The predicted octanol–water partition coefficient (Wildman–Crippen LogP) is 5.77. The number of aryl methyl sites for hydroxylation is 1. The fourth-order valence-corrected chi connectivity index (χ4v) is 3.32. The molecular formula is C19H18BrClN4S. The molecule has 0 radical (unpaired) electrons. The van der Waals surface area contributed by atoms with E-state index in [-0.39, 0.29) is 0 Å². The highest BCUT2D eigenvalue weighted by atomic mass is 79.9. The summed E-state index contributed by atoms with van der Waals surface area (Å²) in [5, 5.41) is 12.1. The van der Waals surface area contributed by atoms with Crippen LogP contribution >= 0.6 is 39.7 Å². The first-order valence-corrected chi connectivity index (χ1v) is 9.62. The third kappa shape index (κ3) is 4.63. The third-order valence-electron chi connectivity index (χ3n) is 3.89. The van der Waals surface area contributed by atoms with Crippen LogP contribution in [0, 0.1) is 13.8 Å². The SMILES string of the molecule is Cc1nn(Cc2cccc(NC(=S)Nc3cccc(Cl)c3)c2)c(C)c1Br. The Balaban J connectivity index is 1.69. The molecule has 3 aromatic rings. The molecule has 4 nitrogen and oxygen atoms in total. The largest absolute Gasteiger partial charge is 0.332 e. The van der Waals surface area contributed by atoms with E-state index in [1.807, 2.05) is 48.0 Å². The maximum Gasteiger partial charge on any atom is 0.175 e. The van der Waals surface area contributed by atoms with E-state index in [4.69, 9.17) is 23.8 Å². The molecule has 26 heavy (non-hydrogen) atoms. The van der Waals surface area contributed by atoms with Crippen LogP contribution in [0.2, 0.25) is 5.02 Å². The van der Waals surface area contributed by atoms with Gasteiger partial charge in [0.25, 0.3) is 0 Å². The number of benzene rings is 2. The molecule has 3 rings (SSSR count). The number of rotatable bonds is 4. The fourth-order valence-electron chi connectivity index (χ4n) is 2.61. The van der Waals surface area contributed by atoms with Crippen molar-refractivity contribution in [3.05, 3.63) is 75.0 Å². The van der Waals surface area contributed by atoms with Crippen molar-refractivity contribution in [2.24, 2.45) is 0 Å². The average Bonchev–Trinajstić information content (AvgIpc) is 2.82. The molecule has 2 aromatic carbocycles. The Morgan fingerprint density at radius 1 is 1.12 bits per heavy atom. The van der Waals surface area contributed by atoms with Crippen LogP contribution in [-0.4, -0.2) is 14.9 Å². The Bertz CT molecular complexity index is 954. The molecule has 2 N–H and O–H groups in total. The van der Waals surface area contributed by atoms with Crippen molar-refractivity contribution in [1.82, 2.24) is 9.78 Å². The van der Waals surface area contributed by atoms with Crippen LogP contribution in [-0.2, 0) is 6.54 Å². The quantitative estimate of drug-likeness (QED) is 0.496. The summed E-state index contributed by atoms with van der Waals surface area (Å²) < 4.78 is 3.04. The number of anilines is 2. The first kappa shape index (κ1) is 18.9. The number of halogens is 2. The average molecular weight is 450 g/mol. The van der Waals surface area contributed by atoms with Gasteiger partial charge in [-0.3, -0.25) is 4.68 Å². The number of hydrogen-bond donors (Lipinski definition) is 2. The van der Waals surface area contributed by atoms with Crippen molar-refractivity contribution >= 4 is 56.2 Å². The molecule has 0 amide bonds. The van der Waals surface area contributed by atoms with Gasteiger partial charge in [0, 0.05) is 16.4 Å². The molecule has 0 atom stereocenters. The minimum Gasteiger partial charge on any atom is -0.332 e.